The molecule has 1 fully saturated rings. The van der Waals surface area contributed by atoms with Crippen molar-refractivity contribution >= 4 is 29.1 Å². The van der Waals surface area contributed by atoms with Crippen LogP contribution in [-0.4, -0.2) is 36.0 Å². The molecule has 1 aliphatic heterocycles. The molecular formula is C16H22Cl2N2O2. The van der Waals surface area contributed by atoms with Gasteiger partial charge >= 0.3 is 0 Å². The lowest BCUT2D eigenvalue weighted by molar-refractivity contribution is -0.139. The van der Waals surface area contributed by atoms with Gasteiger partial charge < -0.3 is 15.4 Å². The van der Waals surface area contributed by atoms with Crippen LogP contribution in [0.3, 0.4) is 0 Å². The minimum Gasteiger partial charge on any atom is -0.481 e. The highest BCUT2D eigenvalue weighted by molar-refractivity contribution is 6.34. The summed E-state index contributed by atoms with van der Waals surface area (Å²) in [6.45, 7) is 5.19. The second-order valence-electron chi connectivity index (χ2n) is 5.91. The van der Waals surface area contributed by atoms with Gasteiger partial charge in [-0.2, -0.15) is 0 Å². The van der Waals surface area contributed by atoms with Crippen LogP contribution in [0.4, 0.5) is 0 Å². The Balaban J connectivity index is 1.99. The van der Waals surface area contributed by atoms with Crippen LogP contribution in [0.15, 0.2) is 18.2 Å². The molecule has 0 aromatic heterocycles. The zero-order valence-electron chi connectivity index (χ0n) is 12.9. The summed E-state index contributed by atoms with van der Waals surface area (Å²) in [5.74, 6) is 0.825. The fourth-order valence-electron chi connectivity index (χ4n) is 2.75. The molecule has 1 aliphatic rings. The first-order chi connectivity index (χ1) is 10.4. The van der Waals surface area contributed by atoms with Gasteiger partial charge in [0.1, 0.15) is 5.75 Å². The van der Waals surface area contributed by atoms with E-state index in [1.54, 1.807) is 25.1 Å². The van der Waals surface area contributed by atoms with Crippen molar-refractivity contribution in [2.45, 2.75) is 38.8 Å². The third-order valence-corrected chi connectivity index (χ3v) is 4.45. The molecule has 1 heterocycles. The van der Waals surface area contributed by atoms with Gasteiger partial charge in [-0.3, -0.25) is 4.79 Å². The van der Waals surface area contributed by atoms with E-state index in [-0.39, 0.29) is 11.9 Å². The summed E-state index contributed by atoms with van der Waals surface area (Å²) in [6, 6.07) is 5.02. The Morgan fingerprint density at radius 3 is 2.55 bits per heavy atom. The molecule has 0 spiro atoms. The molecule has 2 rings (SSSR count). The lowest BCUT2D eigenvalue weighted by Gasteiger charge is -2.35. The normalized spacial score (nSPS) is 21.3. The number of piperidine rings is 1. The monoisotopic (exact) mass is 344 g/mol. The molecule has 1 amide bonds. The summed E-state index contributed by atoms with van der Waals surface area (Å²) in [5, 5.41) is 0.967. The van der Waals surface area contributed by atoms with Crippen LogP contribution < -0.4 is 10.5 Å². The minimum atomic E-state index is -0.582. The van der Waals surface area contributed by atoms with Crippen LogP contribution in [0.1, 0.15) is 26.7 Å². The third kappa shape index (κ3) is 4.51. The molecule has 1 aromatic rings. The molecule has 2 N–H and O–H groups in total. The average Bonchev–Trinajstić information content (AvgIpc) is 2.45. The molecule has 0 bridgehead atoms. The van der Waals surface area contributed by atoms with E-state index in [0.29, 0.717) is 28.3 Å². The van der Waals surface area contributed by atoms with E-state index in [2.05, 4.69) is 0 Å². The van der Waals surface area contributed by atoms with E-state index in [1.807, 2.05) is 11.8 Å². The number of rotatable bonds is 4. The van der Waals surface area contributed by atoms with Gasteiger partial charge in [0.05, 0.1) is 0 Å². The Kier molecular flexibility index (Phi) is 5.95. The van der Waals surface area contributed by atoms with Crippen LogP contribution in [0, 0.1) is 5.92 Å². The Bertz CT molecular complexity index is 517. The maximum atomic E-state index is 12.5. The maximum Gasteiger partial charge on any atom is 0.263 e. The molecule has 6 heteroatoms. The average molecular weight is 345 g/mol. The predicted molar refractivity (Wildman–Crippen MR) is 89.5 cm³/mol. The Morgan fingerprint density at radius 1 is 1.32 bits per heavy atom. The van der Waals surface area contributed by atoms with Crippen molar-refractivity contribution in [1.82, 2.24) is 4.90 Å². The zero-order chi connectivity index (χ0) is 16.3. The molecule has 1 aromatic carbocycles. The number of amides is 1. The van der Waals surface area contributed by atoms with Gasteiger partial charge in [0.2, 0.25) is 0 Å². The smallest absolute Gasteiger partial charge is 0.263 e. The summed E-state index contributed by atoms with van der Waals surface area (Å²) in [5.41, 5.74) is 5.96. The molecule has 122 valence electrons. The fourth-order valence-corrected chi connectivity index (χ4v) is 3.25. The van der Waals surface area contributed by atoms with Crippen LogP contribution in [-0.2, 0) is 4.79 Å². The van der Waals surface area contributed by atoms with Crippen LogP contribution in [0.2, 0.25) is 10.0 Å². The highest BCUT2D eigenvalue weighted by atomic mass is 35.5. The summed E-state index contributed by atoms with van der Waals surface area (Å²) in [6.07, 6.45) is 1.47. The van der Waals surface area contributed by atoms with E-state index in [1.165, 1.54) is 0 Å². The Morgan fingerprint density at radius 2 is 1.95 bits per heavy atom. The van der Waals surface area contributed by atoms with E-state index < -0.39 is 6.10 Å². The van der Waals surface area contributed by atoms with Crippen molar-refractivity contribution in [3.63, 3.8) is 0 Å². The summed E-state index contributed by atoms with van der Waals surface area (Å²) >= 11 is 11.9. The topological polar surface area (TPSA) is 55.6 Å². The molecule has 3 unspecified atom stereocenters. The molecule has 0 aliphatic carbocycles. The largest absolute Gasteiger partial charge is 0.481 e. The first-order valence-electron chi connectivity index (χ1n) is 7.54. The van der Waals surface area contributed by atoms with E-state index in [9.17, 15) is 4.79 Å². The first kappa shape index (κ1) is 17.4. The first-order valence-corrected chi connectivity index (χ1v) is 8.29. The second-order valence-corrected chi connectivity index (χ2v) is 6.78. The van der Waals surface area contributed by atoms with Crippen molar-refractivity contribution in [3.05, 3.63) is 28.2 Å². The number of carbonyl (C=O) groups is 1. The number of hydrogen-bond donors (Lipinski definition) is 1. The van der Waals surface area contributed by atoms with Crippen LogP contribution >= 0.6 is 23.2 Å². The molecule has 0 radical (unpaired) electrons. The highest BCUT2D eigenvalue weighted by Crippen LogP contribution is 2.26. The fraction of sp³-hybridized carbons (Fsp3) is 0.562. The van der Waals surface area contributed by atoms with Gasteiger partial charge in [-0.25, -0.2) is 0 Å². The predicted octanol–water partition coefficient (Wildman–Crippen LogP) is 3.35. The number of benzene rings is 1. The number of ether oxygens (including phenoxy) is 1. The van der Waals surface area contributed by atoms with E-state index >= 15 is 0 Å². The number of likely N-dealkylation sites (tertiary alicyclic amines) is 1. The number of nitrogens with zero attached hydrogens (tertiary/aromatic N) is 1. The van der Waals surface area contributed by atoms with Crippen molar-refractivity contribution in [1.29, 1.82) is 0 Å². The quantitative estimate of drug-likeness (QED) is 0.911. The van der Waals surface area contributed by atoms with Crippen LogP contribution in [0.25, 0.3) is 0 Å². The number of nitrogens with two attached hydrogens (primary N) is 1. The maximum absolute atomic E-state index is 12.5. The molecule has 4 nitrogen and oxygen atoms in total. The third-order valence-electron chi connectivity index (χ3n) is 4.01. The summed E-state index contributed by atoms with van der Waals surface area (Å²) < 4.78 is 5.70. The molecule has 0 saturated carbocycles. The van der Waals surface area contributed by atoms with Gasteiger partial charge in [-0.1, -0.05) is 23.2 Å². The molecule has 1 saturated heterocycles. The second kappa shape index (κ2) is 7.53. The van der Waals surface area contributed by atoms with Gasteiger partial charge in [0.15, 0.2) is 6.10 Å². The van der Waals surface area contributed by atoms with Crippen molar-refractivity contribution in [2.24, 2.45) is 11.7 Å². The van der Waals surface area contributed by atoms with E-state index in [0.717, 1.165) is 19.4 Å². The number of carbonyl (C=O) groups excluding carboxylic acids is 1. The zero-order valence-corrected chi connectivity index (χ0v) is 14.4. The number of halogens is 2. The lowest BCUT2D eigenvalue weighted by Crippen LogP contribution is -2.48. The Hall–Kier alpha value is -0.970. The highest BCUT2D eigenvalue weighted by Gasteiger charge is 2.29. The molecule has 22 heavy (non-hydrogen) atoms. The van der Waals surface area contributed by atoms with Gasteiger partial charge in [0, 0.05) is 29.2 Å². The van der Waals surface area contributed by atoms with Crippen molar-refractivity contribution in [3.8, 4) is 5.75 Å². The lowest BCUT2D eigenvalue weighted by atomic mass is 9.92. The SMILES string of the molecule is CC(Oc1cc(Cl)cc(Cl)c1)C(=O)N1CCCC(C(C)N)C1. The van der Waals surface area contributed by atoms with Gasteiger partial charge in [0.25, 0.3) is 5.91 Å². The van der Waals surface area contributed by atoms with E-state index in [4.69, 9.17) is 33.7 Å². The van der Waals surface area contributed by atoms with Gasteiger partial charge in [-0.15, -0.1) is 0 Å². The minimum absolute atomic E-state index is 0.0264. The summed E-state index contributed by atoms with van der Waals surface area (Å²) in [7, 11) is 0. The van der Waals surface area contributed by atoms with Crippen LogP contribution in [0.5, 0.6) is 5.75 Å². The standard InChI is InChI=1S/C16H22Cl2N2O2/c1-10(19)12-4-3-5-20(9-12)16(21)11(2)22-15-7-13(17)6-14(18)8-15/h6-8,10-12H,3-5,9,19H2,1-2H3. The number of hydrogen-bond acceptors (Lipinski definition) is 3. The van der Waals surface area contributed by atoms with Gasteiger partial charge in [-0.05, 0) is 50.8 Å². The molecular weight excluding hydrogens is 323 g/mol. The van der Waals surface area contributed by atoms with Crippen molar-refractivity contribution in [2.75, 3.05) is 13.1 Å². The summed E-state index contributed by atoms with van der Waals surface area (Å²) in [4.78, 5) is 14.4. The van der Waals surface area contributed by atoms with Crippen molar-refractivity contribution < 1.29 is 9.53 Å². The molecule has 3 atom stereocenters. The Labute approximate surface area is 141 Å².